The van der Waals surface area contributed by atoms with Crippen LogP contribution in [-0.4, -0.2) is 4.83 Å². The second-order valence-corrected chi connectivity index (χ2v) is 7.25. The lowest BCUT2D eigenvalue weighted by molar-refractivity contribution is 0.492. The van der Waals surface area contributed by atoms with Gasteiger partial charge in [0.15, 0.2) is 0 Å². The van der Waals surface area contributed by atoms with Crippen molar-refractivity contribution in [1.29, 1.82) is 0 Å². The van der Waals surface area contributed by atoms with Crippen molar-refractivity contribution in [3.8, 4) is 0 Å². The molecule has 0 fully saturated rings. The van der Waals surface area contributed by atoms with E-state index in [0.717, 1.165) is 10.8 Å². The van der Waals surface area contributed by atoms with Crippen molar-refractivity contribution in [2.45, 2.75) is 37.4 Å². The lowest BCUT2D eigenvalue weighted by atomic mass is 9.86. The van der Waals surface area contributed by atoms with Gasteiger partial charge >= 0.3 is 0 Å². The molecular weight excluding hydrogens is 268 g/mol. The summed E-state index contributed by atoms with van der Waals surface area (Å²) < 4.78 is 0.880. The molecule has 0 aliphatic rings. The minimum absolute atomic E-state index is 0.223. The maximum atomic E-state index is 5.91. The van der Waals surface area contributed by atoms with E-state index in [1.807, 2.05) is 6.07 Å². The quantitative estimate of drug-likeness (QED) is 0.695. The zero-order valence-corrected chi connectivity index (χ0v) is 11.3. The second kappa shape index (κ2) is 4.33. The van der Waals surface area contributed by atoms with E-state index in [1.165, 1.54) is 4.88 Å². The molecule has 1 unspecified atom stereocenters. The van der Waals surface area contributed by atoms with E-state index in [0.29, 0.717) is 4.83 Å². The Balaban J connectivity index is 2.80. The molecule has 74 valence electrons. The van der Waals surface area contributed by atoms with Gasteiger partial charge in [-0.3, -0.25) is 0 Å². The predicted octanol–water partition coefficient (Wildman–Crippen LogP) is 4.85. The minimum Gasteiger partial charge on any atom is -0.128 e. The molecule has 1 aromatic heterocycles. The van der Waals surface area contributed by atoms with Crippen LogP contribution in [-0.2, 0) is 5.41 Å². The maximum Gasteiger partial charge on any atom is 0.0931 e. The first-order chi connectivity index (χ1) is 5.92. The molecule has 1 aromatic rings. The maximum absolute atomic E-state index is 5.91. The second-order valence-electron chi connectivity index (χ2n) is 3.97. The zero-order valence-electron chi connectivity index (χ0n) is 8.10. The van der Waals surface area contributed by atoms with Crippen molar-refractivity contribution < 1.29 is 0 Å². The fraction of sp³-hybridized carbons (Fsp3) is 0.600. The fourth-order valence-corrected chi connectivity index (χ4v) is 3.45. The van der Waals surface area contributed by atoms with Crippen LogP contribution in [0.15, 0.2) is 12.1 Å². The van der Waals surface area contributed by atoms with Crippen LogP contribution in [0.4, 0.5) is 0 Å². The lowest BCUT2D eigenvalue weighted by Gasteiger charge is -2.24. The third kappa shape index (κ3) is 3.26. The Morgan fingerprint density at radius 1 is 1.54 bits per heavy atom. The van der Waals surface area contributed by atoms with Gasteiger partial charge in [-0.05, 0) is 18.6 Å². The highest BCUT2D eigenvalue weighted by Crippen LogP contribution is 2.36. The number of alkyl halides is 1. The van der Waals surface area contributed by atoms with Gasteiger partial charge in [0.1, 0.15) is 0 Å². The largest absolute Gasteiger partial charge is 0.128 e. The predicted molar refractivity (Wildman–Crippen MR) is 65.4 cm³/mol. The standard InChI is InChI=1S/C10H14BrClS/c1-7(11)6-10(2,3)8-4-5-9(12)13-8/h4-5,7H,6H2,1-3H3. The van der Waals surface area contributed by atoms with Gasteiger partial charge in [0.05, 0.1) is 4.34 Å². The van der Waals surface area contributed by atoms with Gasteiger partial charge in [-0.1, -0.05) is 48.3 Å². The SMILES string of the molecule is CC(Br)CC(C)(C)c1ccc(Cl)s1. The fourth-order valence-electron chi connectivity index (χ4n) is 1.48. The topological polar surface area (TPSA) is 0 Å². The Morgan fingerprint density at radius 3 is 2.54 bits per heavy atom. The van der Waals surface area contributed by atoms with Gasteiger partial charge in [0.2, 0.25) is 0 Å². The van der Waals surface area contributed by atoms with E-state index < -0.39 is 0 Å². The van der Waals surface area contributed by atoms with E-state index in [-0.39, 0.29) is 5.41 Å². The highest BCUT2D eigenvalue weighted by Gasteiger charge is 2.23. The van der Waals surface area contributed by atoms with E-state index in [9.17, 15) is 0 Å². The molecule has 0 radical (unpaired) electrons. The molecule has 0 bridgehead atoms. The molecule has 0 saturated heterocycles. The normalized spacial score (nSPS) is 14.5. The summed E-state index contributed by atoms with van der Waals surface area (Å²) in [7, 11) is 0. The van der Waals surface area contributed by atoms with Crippen LogP contribution >= 0.6 is 38.9 Å². The number of halogens is 2. The Bertz CT molecular complexity index is 278. The molecule has 0 saturated carbocycles. The van der Waals surface area contributed by atoms with Crippen LogP contribution in [0.25, 0.3) is 0 Å². The smallest absolute Gasteiger partial charge is 0.0931 e. The Hall–Kier alpha value is 0.470. The summed E-state index contributed by atoms with van der Waals surface area (Å²) in [5, 5.41) is 0. The van der Waals surface area contributed by atoms with Crippen molar-refractivity contribution >= 4 is 38.9 Å². The zero-order chi connectivity index (χ0) is 10.1. The third-order valence-electron chi connectivity index (χ3n) is 2.03. The molecule has 3 heteroatoms. The molecule has 0 aliphatic heterocycles. The van der Waals surface area contributed by atoms with Crippen molar-refractivity contribution in [2.75, 3.05) is 0 Å². The van der Waals surface area contributed by atoms with E-state index in [1.54, 1.807) is 11.3 Å². The van der Waals surface area contributed by atoms with Crippen molar-refractivity contribution in [1.82, 2.24) is 0 Å². The Kier molecular flexibility index (Phi) is 3.84. The number of thiophene rings is 1. The first-order valence-electron chi connectivity index (χ1n) is 4.32. The van der Waals surface area contributed by atoms with Gasteiger partial charge in [0.25, 0.3) is 0 Å². The molecule has 1 atom stereocenters. The monoisotopic (exact) mass is 280 g/mol. The van der Waals surface area contributed by atoms with Gasteiger partial charge in [0, 0.05) is 15.1 Å². The molecule has 1 heterocycles. The highest BCUT2D eigenvalue weighted by molar-refractivity contribution is 9.09. The summed E-state index contributed by atoms with van der Waals surface area (Å²) in [5.41, 5.74) is 0.223. The summed E-state index contributed by atoms with van der Waals surface area (Å²) in [5.74, 6) is 0. The van der Waals surface area contributed by atoms with Gasteiger partial charge in [-0.15, -0.1) is 11.3 Å². The number of hydrogen-bond acceptors (Lipinski definition) is 1. The first-order valence-corrected chi connectivity index (χ1v) is 6.43. The lowest BCUT2D eigenvalue weighted by Crippen LogP contribution is -2.19. The van der Waals surface area contributed by atoms with Crippen molar-refractivity contribution in [3.05, 3.63) is 21.3 Å². The molecule has 0 spiro atoms. The van der Waals surface area contributed by atoms with Crippen LogP contribution in [0.5, 0.6) is 0 Å². The van der Waals surface area contributed by atoms with Gasteiger partial charge in [-0.2, -0.15) is 0 Å². The van der Waals surface area contributed by atoms with E-state index in [2.05, 4.69) is 42.8 Å². The van der Waals surface area contributed by atoms with Crippen LogP contribution in [0, 0.1) is 0 Å². The summed E-state index contributed by atoms with van der Waals surface area (Å²) in [4.78, 5) is 1.91. The summed E-state index contributed by atoms with van der Waals surface area (Å²) in [6.45, 7) is 6.69. The number of hydrogen-bond donors (Lipinski definition) is 0. The van der Waals surface area contributed by atoms with Crippen LogP contribution < -0.4 is 0 Å². The Labute approximate surface area is 97.4 Å². The number of rotatable bonds is 3. The first kappa shape index (κ1) is 11.5. The molecule has 1 rings (SSSR count). The third-order valence-corrected chi connectivity index (χ3v) is 3.95. The van der Waals surface area contributed by atoms with Gasteiger partial charge in [-0.25, -0.2) is 0 Å². The molecular formula is C10H14BrClS. The van der Waals surface area contributed by atoms with Crippen LogP contribution in [0.3, 0.4) is 0 Å². The summed E-state index contributed by atoms with van der Waals surface area (Å²) >= 11 is 11.2. The highest BCUT2D eigenvalue weighted by atomic mass is 79.9. The molecule has 0 aromatic carbocycles. The Morgan fingerprint density at radius 2 is 2.15 bits per heavy atom. The minimum atomic E-state index is 0.223. The van der Waals surface area contributed by atoms with Crippen LogP contribution in [0.2, 0.25) is 4.34 Å². The van der Waals surface area contributed by atoms with E-state index in [4.69, 9.17) is 11.6 Å². The summed E-state index contributed by atoms with van der Waals surface area (Å²) in [6, 6.07) is 4.10. The van der Waals surface area contributed by atoms with Crippen LogP contribution in [0.1, 0.15) is 32.1 Å². The van der Waals surface area contributed by atoms with Gasteiger partial charge < -0.3 is 0 Å². The average molecular weight is 282 g/mol. The van der Waals surface area contributed by atoms with Crippen molar-refractivity contribution in [3.63, 3.8) is 0 Å². The molecule has 0 aliphatic carbocycles. The van der Waals surface area contributed by atoms with E-state index >= 15 is 0 Å². The summed E-state index contributed by atoms with van der Waals surface area (Å²) in [6.07, 6.45) is 1.13. The molecule has 0 N–H and O–H groups in total. The average Bonchev–Trinajstić information content (AvgIpc) is 2.32. The van der Waals surface area contributed by atoms with Crippen molar-refractivity contribution in [2.24, 2.45) is 0 Å². The molecule has 0 nitrogen and oxygen atoms in total. The molecule has 0 amide bonds. The molecule has 13 heavy (non-hydrogen) atoms.